The van der Waals surface area contributed by atoms with Gasteiger partial charge in [-0.15, -0.1) is 0 Å². The summed E-state index contributed by atoms with van der Waals surface area (Å²) >= 11 is 0. The van der Waals surface area contributed by atoms with E-state index in [1.807, 2.05) is 12.1 Å². The Balaban J connectivity index is 1.26. The number of phenolic OH excluding ortho intramolecular Hbond substituents is 1. The largest absolute Gasteiger partial charge is 0.508 e. The van der Waals surface area contributed by atoms with Crippen LogP contribution in [0.1, 0.15) is 54.4 Å². The molecule has 3 aromatic rings. The highest BCUT2D eigenvalue weighted by Gasteiger charge is 2.71. The third kappa shape index (κ3) is 3.49. The molecule has 4 aliphatic rings. The Morgan fingerprint density at radius 3 is 2.42 bits per heavy atom. The van der Waals surface area contributed by atoms with E-state index in [0.29, 0.717) is 24.3 Å². The van der Waals surface area contributed by atoms with Gasteiger partial charge in [0.25, 0.3) is 0 Å². The molecule has 3 aromatic carbocycles. The zero-order valence-corrected chi connectivity index (χ0v) is 22.1. The van der Waals surface area contributed by atoms with Crippen molar-refractivity contribution in [2.45, 2.75) is 69.0 Å². The molecule has 1 saturated heterocycles. The van der Waals surface area contributed by atoms with E-state index in [1.54, 1.807) is 0 Å². The maximum Gasteiger partial charge on any atom is 0.210 e. The van der Waals surface area contributed by atoms with Crippen molar-refractivity contribution in [1.29, 1.82) is 0 Å². The molecule has 4 nitrogen and oxygen atoms in total. The number of hydrogen-bond acceptors (Lipinski definition) is 3. The molecule has 1 N–H and O–H groups in total. The van der Waals surface area contributed by atoms with E-state index < -0.39 is 0 Å². The third-order valence-electron chi connectivity index (χ3n) is 10.9. The van der Waals surface area contributed by atoms with Gasteiger partial charge in [-0.25, -0.2) is 0 Å². The van der Waals surface area contributed by atoms with Crippen molar-refractivity contribution in [2.75, 3.05) is 13.1 Å². The van der Waals surface area contributed by atoms with Gasteiger partial charge in [0.1, 0.15) is 5.75 Å². The van der Waals surface area contributed by atoms with Crippen LogP contribution in [0.2, 0.25) is 0 Å². The van der Waals surface area contributed by atoms with E-state index in [2.05, 4.69) is 76.5 Å². The van der Waals surface area contributed by atoms with E-state index in [9.17, 15) is 9.90 Å². The molecule has 4 heteroatoms. The monoisotopic (exact) mass is 506 g/mol. The summed E-state index contributed by atoms with van der Waals surface area (Å²) in [6, 6.07) is 28.3. The number of amides is 1. The van der Waals surface area contributed by atoms with Crippen LogP contribution in [0.15, 0.2) is 78.9 Å². The SMILES string of the molecule is O=CN(Cc1ccccc1)C1CCC23CCC1C21CCN(CCc2ccccc2)C3Cc2ccc(O)cc21. The molecule has 1 aliphatic heterocycles. The first kappa shape index (κ1) is 24.0. The molecule has 0 spiro atoms. The standard InChI is InChI=1S/C34H38N2O2/c37-24-36(23-26-9-5-2-6-10-26)31-14-17-33-16-13-29(31)34(33)18-20-35(19-15-25-7-3-1-4-8-25)32(33)21-27-11-12-28(38)22-30(27)34/h1-12,22,24,29,31-32,38H,13-21,23H2. The van der Waals surface area contributed by atoms with Gasteiger partial charge in [0, 0.05) is 30.6 Å². The molecule has 0 aromatic heterocycles. The summed E-state index contributed by atoms with van der Waals surface area (Å²) in [6.07, 6.45) is 9.03. The Morgan fingerprint density at radius 2 is 1.66 bits per heavy atom. The smallest absolute Gasteiger partial charge is 0.210 e. The van der Waals surface area contributed by atoms with Crippen molar-refractivity contribution in [3.63, 3.8) is 0 Å². The molecule has 1 amide bonds. The maximum atomic E-state index is 12.6. The molecular formula is C34H38N2O2. The lowest BCUT2D eigenvalue weighted by Crippen LogP contribution is -2.70. The van der Waals surface area contributed by atoms with Crippen LogP contribution in [0.25, 0.3) is 0 Å². The lowest BCUT2D eigenvalue weighted by atomic mass is 9.43. The van der Waals surface area contributed by atoms with Crippen LogP contribution in [-0.4, -0.2) is 46.5 Å². The minimum absolute atomic E-state index is 0.0358. The Kier molecular flexibility index (Phi) is 5.85. The van der Waals surface area contributed by atoms with Crippen LogP contribution < -0.4 is 0 Å². The van der Waals surface area contributed by atoms with Crippen molar-refractivity contribution in [3.8, 4) is 5.75 Å². The number of aromatic hydroxyl groups is 1. The van der Waals surface area contributed by atoms with Crippen LogP contribution in [0.3, 0.4) is 0 Å². The molecular weight excluding hydrogens is 468 g/mol. The number of nitrogens with zero attached hydrogens (tertiary/aromatic N) is 2. The molecule has 3 fully saturated rings. The fourth-order valence-corrected chi connectivity index (χ4v) is 9.52. The minimum atomic E-state index is 0.0358. The molecule has 0 radical (unpaired) electrons. The normalized spacial score (nSPS) is 31.3. The quantitative estimate of drug-likeness (QED) is 0.417. The average molecular weight is 507 g/mol. The zero-order valence-electron chi connectivity index (χ0n) is 22.1. The van der Waals surface area contributed by atoms with Gasteiger partial charge in [-0.3, -0.25) is 9.69 Å². The summed E-state index contributed by atoms with van der Waals surface area (Å²) in [5.74, 6) is 0.820. The second-order valence-electron chi connectivity index (χ2n) is 12.2. The predicted molar refractivity (Wildman–Crippen MR) is 150 cm³/mol. The van der Waals surface area contributed by atoms with Crippen molar-refractivity contribution in [1.82, 2.24) is 9.80 Å². The molecule has 196 valence electrons. The van der Waals surface area contributed by atoms with Crippen LogP contribution >= 0.6 is 0 Å². The van der Waals surface area contributed by atoms with E-state index in [1.165, 1.54) is 35.1 Å². The van der Waals surface area contributed by atoms with Gasteiger partial charge in [-0.1, -0.05) is 66.7 Å². The number of rotatable bonds is 7. The summed E-state index contributed by atoms with van der Waals surface area (Å²) in [5.41, 5.74) is 5.69. The number of piperidine rings is 1. The van der Waals surface area contributed by atoms with Crippen LogP contribution in [0.5, 0.6) is 5.75 Å². The van der Waals surface area contributed by atoms with Gasteiger partial charge in [0.15, 0.2) is 0 Å². The Bertz CT molecular complexity index is 1310. The van der Waals surface area contributed by atoms with E-state index in [4.69, 9.17) is 0 Å². The number of benzene rings is 3. The van der Waals surface area contributed by atoms with E-state index in [0.717, 1.165) is 51.6 Å². The van der Waals surface area contributed by atoms with Gasteiger partial charge in [-0.2, -0.15) is 0 Å². The van der Waals surface area contributed by atoms with Crippen molar-refractivity contribution >= 4 is 6.41 Å². The number of hydrogen-bond donors (Lipinski definition) is 1. The fraction of sp³-hybridized carbons (Fsp3) is 0.441. The minimum Gasteiger partial charge on any atom is -0.508 e. The summed E-state index contributed by atoms with van der Waals surface area (Å²) in [6.45, 7) is 2.87. The van der Waals surface area contributed by atoms with E-state index >= 15 is 0 Å². The highest BCUT2D eigenvalue weighted by molar-refractivity contribution is 5.52. The topological polar surface area (TPSA) is 43.8 Å². The lowest BCUT2D eigenvalue weighted by molar-refractivity contribution is -0.132. The van der Waals surface area contributed by atoms with Crippen molar-refractivity contribution < 1.29 is 9.90 Å². The summed E-state index contributed by atoms with van der Waals surface area (Å²) in [5, 5.41) is 10.7. The number of phenols is 1. The molecule has 1 heterocycles. The predicted octanol–water partition coefficient (Wildman–Crippen LogP) is 5.72. The van der Waals surface area contributed by atoms with Gasteiger partial charge >= 0.3 is 0 Å². The Morgan fingerprint density at radius 1 is 0.921 bits per heavy atom. The number of likely N-dealkylation sites (tertiary alicyclic amines) is 1. The number of carbonyl (C=O) groups is 1. The second-order valence-corrected chi connectivity index (χ2v) is 12.2. The summed E-state index contributed by atoms with van der Waals surface area (Å²) in [7, 11) is 0. The second kappa shape index (κ2) is 9.27. The van der Waals surface area contributed by atoms with Crippen molar-refractivity contribution in [3.05, 3.63) is 101 Å². The molecule has 7 rings (SSSR count). The third-order valence-corrected chi connectivity index (χ3v) is 10.9. The van der Waals surface area contributed by atoms with Gasteiger partial charge < -0.3 is 10.0 Å². The Hall–Kier alpha value is -3.11. The zero-order chi connectivity index (χ0) is 25.7. The molecule has 4 bridgehead atoms. The number of fused-ring (bicyclic) bond motifs is 1. The van der Waals surface area contributed by atoms with Crippen LogP contribution in [0, 0.1) is 11.3 Å². The first-order valence-electron chi connectivity index (χ1n) is 14.5. The van der Waals surface area contributed by atoms with Gasteiger partial charge in [-0.05, 0) is 97.2 Å². The highest BCUT2D eigenvalue weighted by atomic mass is 16.3. The first-order valence-corrected chi connectivity index (χ1v) is 14.5. The first-order chi connectivity index (χ1) is 18.6. The fourth-order valence-electron chi connectivity index (χ4n) is 9.52. The van der Waals surface area contributed by atoms with E-state index in [-0.39, 0.29) is 16.9 Å². The maximum absolute atomic E-state index is 12.6. The Labute approximate surface area is 226 Å². The molecule has 38 heavy (non-hydrogen) atoms. The van der Waals surface area contributed by atoms with Crippen LogP contribution in [-0.2, 0) is 29.6 Å². The lowest BCUT2D eigenvalue weighted by Gasteiger charge is -2.67. The van der Waals surface area contributed by atoms with Crippen molar-refractivity contribution in [2.24, 2.45) is 11.3 Å². The number of carbonyl (C=O) groups excluding carboxylic acids is 1. The molecule has 3 aliphatic carbocycles. The summed E-state index contributed by atoms with van der Waals surface area (Å²) in [4.78, 5) is 17.5. The average Bonchev–Trinajstić information content (AvgIpc) is 3.19. The van der Waals surface area contributed by atoms with Gasteiger partial charge in [0.05, 0.1) is 0 Å². The highest BCUT2D eigenvalue weighted by Crippen LogP contribution is 2.72. The van der Waals surface area contributed by atoms with Crippen LogP contribution in [0.4, 0.5) is 0 Å². The molecule has 2 saturated carbocycles. The van der Waals surface area contributed by atoms with Gasteiger partial charge in [0.2, 0.25) is 6.41 Å². The molecule has 5 atom stereocenters. The summed E-state index contributed by atoms with van der Waals surface area (Å²) < 4.78 is 0. The molecule has 5 unspecified atom stereocenters.